The van der Waals surface area contributed by atoms with Crippen molar-refractivity contribution in [3.05, 3.63) is 0 Å². The predicted octanol–water partition coefficient (Wildman–Crippen LogP) is -1.16. The molecule has 0 aromatic heterocycles. The lowest BCUT2D eigenvalue weighted by Gasteiger charge is -2.04. The molecule has 0 spiro atoms. The van der Waals surface area contributed by atoms with Crippen molar-refractivity contribution in [2.24, 2.45) is 0 Å². The lowest BCUT2D eigenvalue weighted by atomic mass is 10.5. The van der Waals surface area contributed by atoms with Crippen LogP contribution in [0.3, 0.4) is 0 Å². The molecule has 0 bridgehead atoms. The van der Waals surface area contributed by atoms with Gasteiger partial charge in [0.2, 0.25) is 0 Å². The van der Waals surface area contributed by atoms with Crippen LogP contribution in [0.25, 0.3) is 0 Å². The fourth-order valence-corrected chi connectivity index (χ4v) is 1.67. The maximum atomic E-state index is 8.61. The first-order valence-electron chi connectivity index (χ1n) is 2.37. The van der Waals surface area contributed by atoms with Crippen LogP contribution >= 0.6 is 0 Å². The van der Waals surface area contributed by atoms with Crippen LogP contribution in [-0.2, 0) is 8.85 Å². The second kappa shape index (κ2) is 1.78. The standard InChI is InChI=1S/C3H8O4Si/c1-3-2-6-8(4,5)7-3/h3-5H,2H2,1H3. The predicted molar refractivity (Wildman–Crippen MR) is 26.7 cm³/mol. The van der Waals surface area contributed by atoms with Gasteiger partial charge in [-0.3, -0.25) is 0 Å². The summed E-state index contributed by atoms with van der Waals surface area (Å²) in [6.45, 7) is 2.01. The molecular formula is C3H8O4Si. The van der Waals surface area contributed by atoms with Crippen LogP contribution in [0.15, 0.2) is 0 Å². The summed E-state index contributed by atoms with van der Waals surface area (Å²) in [5, 5.41) is 0. The highest BCUT2D eigenvalue weighted by atomic mass is 28.4. The molecule has 1 aliphatic rings. The Kier molecular flexibility index (Phi) is 1.38. The molecule has 1 heterocycles. The van der Waals surface area contributed by atoms with Gasteiger partial charge in [-0.15, -0.1) is 0 Å². The fourth-order valence-electron chi connectivity index (χ4n) is 0.556. The third-order valence-electron chi connectivity index (χ3n) is 0.861. The lowest BCUT2D eigenvalue weighted by Crippen LogP contribution is -2.37. The van der Waals surface area contributed by atoms with Crippen molar-refractivity contribution >= 4 is 9.05 Å². The van der Waals surface area contributed by atoms with E-state index in [2.05, 4.69) is 8.85 Å². The molecule has 0 amide bonds. The average molecular weight is 136 g/mol. The van der Waals surface area contributed by atoms with E-state index in [1.807, 2.05) is 0 Å². The highest BCUT2D eigenvalue weighted by molar-refractivity contribution is 6.50. The van der Waals surface area contributed by atoms with Gasteiger partial charge in [-0.1, -0.05) is 0 Å². The summed E-state index contributed by atoms with van der Waals surface area (Å²) in [7, 11) is -3.60. The molecule has 1 unspecified atom stereocenters. The molecule has 1 aliphatic heterocycles. The number of rotatable bonds is 0. The van der Waals surface area contributed by atoms with Crippen LogP contribution in [0.2, 0.25) is 0 Å². The van der Waals surface area contributed by atoms with Crippen molar-refractivity contribution in [2.45, 2.75) is 13.0 Å². The topological polar surface area (TPSA) is 58.9 Å². The normalized spacial score (nSPS) is 35.6. The Morgan fingerprint density at radius 3 is 2.38 bits per heavy atom. The van der Waals surface area contributed by atoms with Gasteiger partial charge in [-0.25, -0.2) is 0 Å². The van der Waals surface area contributed by atoms with E-state index >= 15 is 0 Å². The highest BCUT2D eigenvalue weighted by Gasteiger charge is 2.44. The van der Waals surface area contributed by atoms with Gasteiger partial charge in [0.05, 0.1) is 12.7 Å². The Labute approximate surface area is 48.2 Å². The zero-order valence-electron chi connectivity index (χ0n) is 4.50. The SMILES string of the molecule is CC1CO[Si](O)(O)O1. The summed E-state index contributed by atoms with van der Waals surface area (Å²) >= 11 is 0. The van der Waals surface area contributed by atoms with Gasteiger partial charge in [0.1, 0.15) is 0 Å². The van der Waals surface area contributed by atoms with E-state index in [1.54, 1.807) is 6.92 Å². The Morgan fingerprint density at radius 2 is 2.25 bits per heavy atom. The molecule has 0 radical (unpaired) electrons. The largest absolute Gasteiger partial charge is 0.674 e. The number of hydrogen-bond donors (Lipinski definition) is 2. The lowest BCUT2D eigenvalue weighted by molar-refractivity contribution is 0.0986. The second-order valence-electron chi connectivity index (χ2n) is 1.79. The third-order valence-corrected chi connectivity index (χ3v) is 2.11. The maximum absolute atomic E-state index is 8.61. The molecule has 0 aliphatic carbocycles. The van der Waals surface area contributed by atoms with E-state index in [1.165, 1.54) is 0 Å². The molecule has 48 valence electrons. The summed E-state index contributed by atoms with van der Waals surface area (Å²) < 4.78 is 9.06. The molecule has 2 N–H and O–H groups in total. The summed E-state index contributed by atoms with van der Waals surface area (Å²) in [4.78, 5) is 17.2. The molecule has 5 heteroatoms. The van der Waals surface area contributed by atoms with Gasteiger partial charge in [0.15, 0.2) is 0 Å². The molecule has 1 atom stereocenters. The molecule has 4 nitrogen and oxygen atoms in total. The zero-order chi connectivity index (χ0) is 6.20. The summed E-state index contributed by atoms with van der Waals surface area (Å²) in [6, 6.07) is 0. The van der Waals surface area contributed by atoms with Crippen molar-refractivity contribution in [3.63, 3.8) is 0 Å². The van der Waals surface area contributed by atoms with E-state index in [4.69, 9.17) is 9.59 Å². The minimum absolute atomic E-state index is 0.170. The van der Waals surface area contributed by atoms with E-state index in [0.29, 0.717) is 6.61 Å². The van der Waals surface area contributed by atoms with Gasteiger partial charge in [0.25, 0.3) is 0 Å². The van der Waals surface area contributed by atoms with Crippen LogP contribution in [0.1, 0.15) is 6.92 Å². The van der Waals surface area contributed by atoms with Crippen molar-refractivity contribution in [1.29, 1.82) is 0 Å². The zero-order valence-corrected chi connectivity index (χ0v) is 5.50. The van der Waals surface area contributed by atoms with E-state index < -0.39 is 9.05 Å². The van der Waals surface area contributed by atoms with Crippen LogP contribution < -0.4 is 0 Å². The van der Waals surface area contributed by atoms with Crippen LogP contribution in [0.5, 0.6) is 0 Å². The molecule has 8 heavy (non-hydrogen) atoms. The summed E-state index contributed by atoms with van der Waals surface area (Å²) in [6.07, 6.45) is -0.170. The molecule has 0 aromatic carbocycles. The van der Waals surface area contributed by atoms with Crippen LogP contribution in [-0.4, -0.2) is 31.4 Å². The van der Waals surface area contributed by atoms with E-state index in [0.717, 1.165) is 0 Å². The molecule has 1 fully saturated rings. The summed E-state index contributed by atoms with van der Waals surface area (Å²) in [5.74, 6) is 0. The highest BCUT2D eigenvalue weighted by Crippen LogP contribution is 2.11. The number of hydrogen-bond acceptors (Lipinski definition) is 4. The smallest absolute Gasteiger partial charge is 0.367 e. The minimum Gasteiger partial charge on any atom is -0.367 e. The monoisotopic (exact) mass is 136 g/mol. The quantitative estimate of drug-likeness (QED) is 0.412. The first-order valence-corrected chi connectivity index (χ1v) is 4.08. The summed E-state index contributed by atoms with van der Waals surface area (Å²) in [5.41, 5.74) is 0. The van der Waals surface area contributed by atoms with Gasteiger partial charge < -0.3 is 18.4 Å². The van der Waals surface area contributed by atoms with Crippen molar-refractivity contribution < 1.29 is 18.4 Å². The van der Waals surface area contributed by atoms with Crippen LogP contribution in [0.4, 0.5) is 0 Å². The fraction of sp³-hybridized carbons (Fsp3) is 1.00. The Balaban J connectivity index is 2.44. The van der Waals surface area contributed by atoms with Crippen LogP contribution in [0, 0.1) is 0 Å². The Hall–Kier alpha value is 0.0569. The van der Waals surface area contributed by atoms with Gasteiger partial charge >= 0.3 is 9.05 Å². The van der Waals surface area contributed by atoms with E-state index in [9.17, 15) is 0 Å². The molecule has 0 aromatic rings. The first-order chi connectivity index (χ1) is 3.60. The Bertz CT molecular complexity index is 93.3. The van der Waals surface area contributed by atoms with Gasteiger partial charge in [-0.2, -0.15) is 0 Å². The molecule has 1 rings (SSSR count). The van der Waals surface area contributed by atoms with Crippen molar-refractivity contribution in [3.8, 4) is 0 Å². The molecular weight excluding hydrogens is 128 g/mol. The maximum Gasteiger partial charge on any atom is 0.674 e. The van der Waals surface area contributed by atoms with Crippen molar-refractivity contribution in [2.75, 3.05) is 6.61 Å². The minimum atomic E-state index is -3.60. The van der Waals surface area contributed by atoms with E-state index in [-0.39, 0.29) is 6.10 Å². The molecule has 0 saturated carbocycles. The average Bonchev–Trinajstić information content (AvgIpc) is 1.82. The van der Waals surface area contributed by atoms with Gasteiger partial charge in [-0.05, 0) is 6.92 Å². The Morgan fingerprint density at radius 1 is 1.62 bits per heavy atom. The first kappa shape index (κ1) is 6.18. The van der Waals surface area contributed by atoms with Gasteiger partial charge in [0, 0.05) is 0 Å². The third kappa shape index (κ3) is 1.27. The second-order valence-corrected chi connectivity index (χ2v) is 3.41. The van der Waals surface area contributed by atoms with Crippen molar-refractivity contribution in [1.82, 2.24) is 0 Å². The molecule has 1 saturated heterocycles.